The Morgan fingerprint density at radius 3 is 2.44 bits per heavy atom. The molecule has 1 unspecified atom stereocenters. The molecule has 3 nitrogen and oxygen atoms in total. The minimum absolute atomic E-state index is 0.0165. The summed E-state index contributed by atoms with van der Waals surface area (Å²) in [6.45, 7) is 1.77. The standard InChI is InChI=1S/C10H13Cl2NO2S/c1-7(13)4-5-16(14,15)8-2-3-9(11)10(12)6-8/h2-3,6-7H,4-5,13H2,1H3. The number of sulfone groups is 1. The maximum absolute atomic E-state index is 11.8. The number of halogens is 2. The third-order valence-electron chi connectivity index (χ3n) is 2.09. The van der Waals surface area contributed by atoms with Crippen molar-refractivity contribution in [2.75, 3.05) is 5.75 Å². The van der Waals surface area contributed by atoms with Gasteiger partial charge in [0, 0.05) is 6.04 Å². The van der Waals surface area contributed by atoms with Gasteiger partial charge in [-0.3, -0.25) is 0 Å². The summed E-state index contributed by atoms with van der Waals surface area (Å²) in [5, 5.41) is 0.580. The lowest BCUT2D eigenvalue weighted by Gasteiger charge is -2.07. The molecule has 0 amide bonds. The summed E-state index contributed by atoms with van der Waals surface area (Å²) >= 11 is 11.5. The maximum Gasteiger partial charge on any atom is 0.178 e. The van der Waals surface area contributed by atoms with Crippen LogP contribution in [0.3, 0.4) is 0 Å². The van der Waals surface area contributed by atoms with E-state index < -0.39 is 9.84 Å². The Balaban J connectivity index is 2.94. The predicted octanol–water partition coefficient (Wildman–Crippen LogP) is 2.50. The van der Waals surface area contributed by atoms with Crippen LogP contribution in [0.25, 0.3) is 0 Å². The number of hydrogen-bond acceptors (Lipinski definition) is 3. The fourth-order valence-corrected chi connectivity index (χ4v) is 2.98. The number of hydrogen-bond donors (Lipinski definition) is 1. The normalized spacial score (nSPS) is 13.8. The summed E-state index contributed by atoms with van der Waals surface area (Å²) in [6, 6.07) is 4.14. The van der Waals surface area contributed by atoms with E-state index in [2.05, 4.69) is 0 Å². The first-order chi connectivity index (χ1) is 7.33. The van der Waals surface area contributed by atoms with E-state index in [4.69, 9.17) is 28.9 Å². The molecule has 1 rings (SSSR count). The first kappa shape index (κ1) is 13.8. The summed E-state index contributed by atoms with van der Waals surface area (Å²) in [6.07, 6.45) is 0.419. The van der Waals surface area contributed by atoms with Crippen LogP contribution < -0.4 is 5.73 Å². The zero-order chi connectivity index (χ0) is 12.3. The summed E-state index contributed by atoms with van der Waals surface area (Å²) in [4.78, 5) is 0.183. The molecule has 0 bridgehead atoms. The van der Waals surface area contributed by atoms with E-state index in [1.165, 1.54) is 18.2 Å². The lowest BCUT2D eigenvalue weighted by molar-refractivity contribution is 0.587. The smallest absolute Gasteiger partial charge is 0.178 e. The lowest BCUT2D eigenvalue weighted by atomic mass is 10.3. The van der Waals surface area contributed by atoms with Gasteiger partial charge in [-0.2, -0.15) is 0 Å². The second kappa shape index (κ2) is 5.36. The molecule has 16 heavy (non-hydrogen) atoms. The van der Waals surface area contributed by atoms with Crippen LogP contribution in [0.5, 0.6) is 0 Å². The topological polar surface area (TPSA) is 60.2 Å². The Labute approximate surface area is 105 Å². The first-order valence-corrected chi connectivity index (χ1v) is 7.17. The van der Waals surface area contributed by atoms with Crippen LogP contribution in [0.4, 0.5) is 0 Å². The van der Waals surface area contributed by atoms with E-state index in [1.807, 2.05) is 0 Å². The van der Waals surface area contributed by atoms with Gasteiger partial charge in [0.05, 0.1) is 20.7 Å². The fourth-order valence-electron chi connectivity index (χ4n) is 1.13. The van der Waals surface area contributed by atoms with Gasteiger partial charge in [0.2, 0.25) is 0 Å². The average molecular weight is 282 g/mol. The van der Waals surface area contributed by atoms with Gasteiger partial charge in [0.15, 0.2) is 9.84 Å². The van der Waals surface area contributed by atoms with Crippen molar-refractivity contribution in [2.45, 2.75) is 24.3 Å². The number of benzene rings is 1. The van der Waals surface area contributed by atoms with Crippen molar-refractivity contribution >= 4 is 33.0 Å². The molecule has 0 heterocycles. The average Bonchev–Trinajstić information content (AvgIpc) is 2.19. The Morgan fingerprint density at radius 1 is 1.31 bits per heavy atom. The van der Waals surface area contributed by atoms with Crippen LogP contribution in [0.15, 0.2) is 23.1 Å². The maximum atomic E-state index is 11.8. The third-order valence-corrected chi connectivity index (χ3v) is 4.58. The van der Waals surface area contributed by atoms with Crippen LogP contribution in [0, 0.1) is 0 Å². The van der Waals surface area contributed by atoms with Gasteiger partial charge in [-0.05, 0) is 31.5 Å². The zero-order valence-corrected chi connectivity index (χ0v) is 11.1. The monoisotopic (exact) mass is 281 g/mol. The highest BCUT2D eigenvalue weighted by Gasteiger charge is 2.16. The molecule has 0 saturated heterocycles. The van der Waals surface area contributed by atoms with Crippen molar-refractivity contribution in [1.82, 2.24) is 0 Å². The van der Waals surface area contributed by atoms with Crippen LogP contribution in [0.1, 0.15) is 13.3 Å². The van der Waals surface area contributed by atoms with Crippen LogP contribution in [-0.2, 0) is 9.84 Å². The Morgan fingerprint density at radius 2 is 1.94 bits per heavy atom. The minimum Gasteiger partial charge on any atom is -0.328 e. The highest BCUT2D eigenvalue weighted by molar-refractivity contribution is 7.91. The van der Waals surface area contributed by atoms with Gasteiger partial charge in [0.1, 0.15) is 0 Å². The molecule has 0 aliphatic rings. The van der Waals surface area contributed by atoms with Crippen molar-refractivity contribution in [2.24, 2.45) is 5.73 Å². The van der Waals surface area contributed by atoms with Crippen LogP contribution in [0.2, 0.25) is 10.0 Å². The quantitative estimate of drug-likeness (QED) is 0.923. The molecule has 90 valence electrons. The summed E-state index contributed by atoms with van der Waals surface area (Å²) in [5.41, 5.74) is 5.52. The van der Waals surface area contributed by atoms with E-state index >= 15 is 0 Å². The Hall–Kier alpha value is -0.290. The SMILES string of the molecule is CC(N)CCS(=O)(=O)c1ccc(Cl)c(Cl)c1. The molecule has 0 radical (unpaired) electrons. The van der Waals surface area contributed by atoms with E-state index in [9.17, 15) is 8.42 Å². The summed E-state index contributed by atoms with van der Waals surface area (Å²) < 4.78 is 23.7. The molecular formula is C10H13Cl2NO2S. The number of rotatable bonds is 4. The Kier molecular flexibility index (Phi) is 4.62. The van der Waals surface area contributed by atoms with Crippen molar-refractivity contribution < 1.29 is 8.42 Å². The summed E-state index contributed by atoms with van der Waals surface area (Å²) in [7, 11) is -3.32. The molecule has 6 heteroatoms. The molecule has 1 aromatic rings. The molecule has 1 aromatic carbocycles. The molecule has 0 spiro atoms. The van der Waals surface area contributed by atoms with Gasteiger partial charge in [-0.25, -0.2) is 8.42 Å². The van der Waals surface area contributed by atoms with Gasteiger partial charge in [-0.1, -0.05) is 23.2 Å². The van der Waals surface area contributed by atoms with Crippen LogP contribution in [-0.4, -0.2) is 20.2 Å². The highest BCUT2D eigenvalue weighted by Crippen LogP contribution is 2.25. The molecular weight excluding hydrogens is 269 g/mol. The highest BCUT2D eigenvalue weighted by atomic mass is 35.5. The van der Waals surface area contributed by atoms with E-state index in [0.717, 1.165) is 0 Å². The molecule has 2 N–H and O–H groups in total. The largest absolute Gasteiger partial charge is 0.328 e. The van der Waals surface area contributed by atoms with Gasteiger partial charge < -0.3 is 5.73 Å². The summed E-state index contributed by atoms with van der Waals surface area (Å²) in [5.74, 6) is 0.0165. The fraction of sp³-hybridized carbons (Fsp3) is 0.400. The molecule has 0 saturated carbocycles. The molecule has 1 atom stereocenters. The van der Waals surface area contributed by atoms with E-state index in [1.54, 1.807) is 6.92 Å². The molecule has 0 aromatic heterocycles. The third kappa shape index (κ3) is 3.63. The second-order valence-corrected chi connectivity index (χ2v) is 6.58. The Bertz CT molecular complexity index is 472. The van der Waals surface area contributed by atoms with Gasteiger partial charge >= 0.3 is 0 Å². The lowest BCUT2D eigenvalue weighted by Crippen LogP contribution is -2.20. The van der Waals surface area contributed by atoms with Crippen molar-refractivity contribution in [3.63, 3.8) is 0 Å². The molecule has 0 fully saturated rings. The zero-order valence-electron chi connectivity index (χ0n) is 8.78. The van der Waals surface area contributed by atoms with Crippen molar-refractivity contribution in [3.8, 4) is 0 Å². The minimum atomic E-state index is -3.32. The first-order valence-electron chi connectivity index (χ1n) is 4.76. The van der Waals surface area contributed by atoms with E-state index in [-0.39, 0.29) is 21.7 Å². The molecule has 0 aliphatic heterocycles. The number of nitrogens with two attached hydrogens (primary N) is 1. The van der Waals surface area contributed by atoms with Crippen molar-refractivity contribution in [1.29, 1.82) is 0 Å². The predicted molar refractivity (Wildman–Crippen MR) is 66.8 cm³/mol. The van der Waals surface area contributed by atoms with Crippen molar-refractivity contribution in [3.05, 3.63) is 28.2 Å². The van der Waals surface area contributed by atoms with Gasteiger partial charge in [-0.15, -0.1) is 0 Å². The van der Waals surface area contributed by atoms with E-state index in [0.29, 0.717) is 11.4 Å². The van der Waals surface area contributed by atoms with Crippen LogP contribution >= 0.6 is 23.2 Å². The molecule has 0 aliphatic carbocycles. The van der Waals surface area contributed by atoms with Gasteiger partial charge in [0.25, 0.3) is 0 Å². The second-order valence-electron chi connectivity index (χ2n) is 3.66.